The minimum atomic E-state index is 0.0291. The number of carbonyl (C=O) groups is 1. The zero-order chi connectivity index (χ0) is 14.5. The first-order valence-electron chi connectivity index (χ1n) is 6.30. The quantitative estimate of drug-likeness (QED) is 0.858. The third-order valence-corrected chi connectivity index (χ3v) is 3.22. The van der Waals surface area contributed by atoms with Gasteiger partial charge in [0.25, 0.3) is 0 Å². The molecule has 1 N–H and O–H groups in total. The molecule has 0 aliphatic rings. The molecule has 0 atom stereocenters. The van der Waals surface area contributed by atoms with Crippen molar-refractivity contribution in [2.24, 2.45) is 0 Å². The molecule has 2 aromatic rings. The van der Waals surface area contributed by atoms with Gasteiger partial charge in [-0.15, -0.1) is 0 Å². The van der Waals surface area contributed by atoms with E-state index in [-0.39, 0.29) is 11.5 Å². The topological polar surface area (TPSA) is 40.5 Å². The van der Waals surface area contributed by atoms with Gasteiger partial charge < -0.3 is 5.11 Å². The summed E-state index contributed by atoms with van der Waals surface area (Å²) in [5.41, 5.74) is 1.71. The number of carbonyl (C=O) groups excluding carboxylic acids is 1. The van der Waals surface area contributed by atoms with E-state index in [4.69, 9.17) is 11.6 Å². The van der Waals surface area contributed by atoms with Crippen LogP contribution in [-0.2, 0) is 6.54 Å². The Hall–Kier alpha value is -1.84. The second-order valence-corrected chi connectivity index (χ2v) is 5.21. The van der Waals surface area contributed by atoms with Crippen LogP contribution in [0.2, 0.25) is 5.02 Å². The van der Waals surface area contributed by atoms with E-state index in [1.165, 1.54) is 12.1 Å². The number of likely N-dealkylation sites (N-methyl/N-ethyl adjacent to an activating group) is 1. The fourth-order valence-corrected chi connectivity index (χ4v) is 2.07. The first-order valence-corrected chi connectivity index (χ1v) is 6.67. The van der Waals surface area contributed by atoms with Crippen molar-refractivity contribution in [3.63, 3.8) is 0 Å². The molecule has 0 aliphatic carbocycles. The molecule has 4 heteroatoms. The van der Waals surface area contributed by atoms with Crippen LogP contribution in [0.15, 0.2) is 48.5 Å². The Labute approximate surface area is 123 Å². The molecule has 0 saturated heterocycles. The van der Waals surface area contributed by atoms with Crippen LogP contribution in [0.4, 0.5) is 0 Å². The Bertz CT molecular complexity index is 578. The molecule has 0 spiro atoms. The molecular formula is C16H16ClNO2. The van der Waals surface area contributed by atoms with Gasteiger partial charge in [0, 0.05) is 17.1 Å². The number of rotatable bonds is 5. The van der Waals surface area contributed by atoms with E-state index >= 15 is 0 Å². The van der Waals surface area contributed by atoms with Crippen molar-refractivity contribution >= 4 is 17.4 Å². The highest BCUT2D eigenvalue weighted by Crippen LogP contribution is 2.13. The molecule has 0 saturated carbocycles. The van der Waals surface area contributed by atoms with Gasteiger partial charge in [-0.3, -0.25) is 9.69 Å². The highest BCUT2D eigenvalue weighted by Gasteiger charge is 2.09. The van der Waals surface area contributed by atoms with Crippen molar-refractivity contribution in [1.82, 2.24) is 4.90 Å². The molecule has 0 aromatic heterocycles. The maximum atomic E-state index is 12.1. The summed E-state index contributed by atoms with van der Waals surface area (Å²) in [5.74, 6) is 0.192. The predicted molar refractivity (Wildman–Crippen MR) is 80.2 cm³/mol. The van der Waals surface area contributed by atoms with E-state index < -0.39 is 0 Å². The van der Waals surface area contributed by atoms with E-state index in [0.717, 1.165) is 5.56 Å². The lowest BCUT2D eigenvalue weighted by Crippen LogP contribution is -2.25. The maximum Gasteiger partial charge on any atom is 0.176 e. The minimum absolute atomic E-state index is 0.0291. The summed E-state index contributed by atoms with van der Waals surface area (Å²) in [7, 11) is 1.90. The smallest absolute Gasteiger partial charge is 0.176 e. The van der Waals surface area contributed by atoms with Crippen molar-refractivity contribution < 1.29 is 9.90 Å². The second-order valence-electron chi connectivity index (χ2n) is 4.77. The number of ketones is 1. The highest BCUT2D eigenvalue weighted by atomic mass is 35.5. The Balaban J connectivity index is 1.93. The molecule has 2 rings (SSSR count). The van der Waals surface area contributed by atoms with Crippen molar-refractivity contribution in [3.05, 3.63) is 64.7 Å². The zero-order valence-corrected chi connectivity index (χ0v) is 12.0. The van der Waals surface area contributed by atoms with E-state index in [1.807, 2.05) is 36.2 Å². The fourth-order valence-electron chi connectivity index (χ4n) is 1.94. The number of hydrogen-bond donors (Lipinski definition) is 1. The Morgan fingerprint density at radius 3 is 2.30 bits per heavy atom. The molecule has 0 amide bonds. The van der Waals surface area contributed by atoms with Crippen molar-refractivity contribution in [3.8, 4) is 5.75 Å². The zero-order valence-electron chi connectivity index (χ0n) is 11.2. The molecule has 0 unspecified atom stereocenters. The van der Waals surface area contributed by atoms with E-state index in [0.29, 0.717) is 23.7 Å². The summed E-state index contributed by atoms with van der Waals surface area (Å²) in [4.78, 5) is 14.0. The molecule has 2 aromatic carbocycles. The van der Waals surface area contributed by atoms with E-state index in [9.17, 15) is 9.90 Å². The molecule has 104 valence electrons. The van der Waals surface area contributed by atoms with Gasteiger partial charge in [-0.2, -0.15) is 0 Å². The number of phenols is 1. The number of Topliss-reactive ketones (excluding diaryl/α,β-unsaturated/α-hetero) is 1. The highest BCUT2D eigenvalue weighted by molar-refractivity contribution is 6.30. The largest absolute Gasteiger partial charge is 0.508 e. The Morgan fingerprint density at radius 2 is 1.70 bits per heavy atom. The standard InChI is InChI=1S/C16H16ClNO2/c1-18(10-12-2-6-14(17)7-3-12)11-16(20)13-4-8-15(19)9-5-13/h2-9,19H,10-11H2,1H3. The lowest BCUT2D eigenvalue weighted by molar-refractivity contribution is 0.0943. The van der Waals surface area contributed by atoms with Crippen LogP contribution < -0.4 is 0 Å². The van der Waals surface area contributed by atoms with Crippen molar-refractivity contribution in [1.29, 1.82) is 0 Å². The molecule has 0 aliphatic heterocycles. The molecule has 0 heterocycles. The maximum absolute atomic E-state index is 12.1. The summed E-state index contributed by atoms with van der Waals surface area (Å²) in [6, 6.07) is 13.9. The molecule has 20 heavy (non-hydrogen) atoms. The van der Waals surface area contributed by atoms with Gasteiger partial charge in [-0.1, -0.05) is 23.7 Å². The third-order valence-electron chi connectivity index (χ3n) is 2.97. The Morgan fingerprint density at radius 1 is 1.10 bits per heavy atom. The van der Waals surface area contributed by atoms with Gasteiger partial charge in [-0.25, -0.2) is 0 Å². The van der Waals surface area contributed by atoms with Crippen molar-refractivity contribution in [2.75, 3.05) is 13.6 Å². The first-order chi connectivity index (χ1) is 9.54. The van der Waals surface area contributed by atoms with Crippen LogP contribution in [-0.4, -0.2) is 29.4 Å². The average molecular weight is 290 g/mol. The fraction of sp³-hybridized carbons (Fsp3) is 0.188. The molecule has 0 fully saturated rings. The number of halogens is 1. The first kappa shape index (κ1) is 14.6. The molecule has 3 nitrogen and oxygen atoms in total. The predicted octanol–water partition coefficient (Wildman–Crippen LogP) is 3.36. The van der Waals surface area contributed by atoms with Gasteiger partial charge in [0.2, 0.25) is 0 Å². The normalized spacial score (nSPS) is 10.8. The number of hydrogen-bond acceptors (Lipinski definition) is 3. The summed E-state index contributed by atoms with van der Waals surface area (Å²) in [6.45, 7) is 1.01. The van der Waals surface area contributed by atoms with Crippen LogP contribution in [0.5, 0.6) is 5.75 Å². The second kappa shape index (κ2) is 6.55. The van der Waals surface area contributed by atoms with Crippen LogP contribution in [0.25, 0.3) is 0 Å². The molecule has 0 radical (unpaired) electrons. The van der Waals surface area contributed by atoms with Gasteiger partial charge in [0.1, 0.15) is 5.75 Å². The number of aromatic hydroxyl groups is 1. The van der Waals surface area contributed by atoms with Crippen molar-refractivity contribution in [2.45, 2.75) is 6.54 Å². The lowest BCUT2D eigenvalue weighted by Gasteiger charge is -2.16. The summed E-state index contributed by atoms with van der Waals surface area (Å²) in [6.07, 6.45) is 0. The van der Waals surface area contributed by atoms with E-state index in [1.54, 1.807) is 12.1 Å². The summed E-state index contributed by atoms with van der Waals surface area (Å²) < 4.78 is 0. The number of phenolic OH excluding ortho intramolecular Hbond substituents is 1. The van der Waals surface area contributed by atoms with E-state index in [2.05, 4.69) is 0 Å². The van der Waals surface area contributed by atoms with Crippen LogP contribution in [0.3, 0.4) is 0 Å². The SMILES string of the molecule is CN(CC(=O)c1ccc(O)cc1)Cc1ccc(Cl)cc1. The summed E-state index contributed by atoms with van der Waals surface area (Å²) in [5, 5.41) is 9.91. The Kier molecular flexibility index (Phi) is 4.77. The average Bonchev–Trinajstić information content (AvgIpc) is 2.42. The monoisotopic (exact) mass is 289 g/mol. The molecular weight excluding hydrogens is 274 g/mol. The van der Waals surface area contributed by atoms with Gasteiger partial charge in [-0.05, 0) is 49.0 Å². The third kappa shape index (κ3) is 4.08. The van der Waals surface area contributed by atoms with Crippen LogP contribution in [0.1, 0.15) is 15.9 Å². The number of nitrogens with zero attached hydrogens (tertiary/aromatic N) is 1. The van der Waals surface area contributed by atoms with Gasteiger partial charge in [0.15, 0.2) is 5.78 Å². The minimum Gasteiger partial charge on any atom is -0.508 e. The lowest BCUT2D eigenvalue weighted by atomic mass is 10.1. The number of benzene rings is 2. The van der Waals surface area contributed by atoms with Crippen LogP contribution >= 0.6 is 11.6 Å². The van der Waals surface area contributed by atoms with Crippen LogP contribution in [0, 0.1) is 0 Å². The molecule has 0 bridgehead atoms. The van der Waals surface area contributed by atoms with Gasteiger partial charge in [0.05, 0.1) is 6.54 Å². The van der Waals surface area contributed by atoms with Gasteiger partial charge >= 0.3 is 0 Å². The summed E-state index contributed by atoms with van der Waals surface area (Å²) >= 11 is 5.84.